The van der Waals surface area contributed by atoms with Crippen LogP contribution in [0, 0.1) is 5.92 Å². The number of esters is 1. The predicted octanol–water partition coefficient (Wildman–Crippen LogP) is 7.37. The minimum atomic E-state index is -3.59. The summed E-state index contributed by atoms with van der Waals surface area (Å²) in [6.45, 7) is 14.8. The van der Waals surface area contributed by atoms with Crippen molar-refractivity contribution in [2.24, 2.45) is 5.92 Å². The molecule has 0 radical (unpaired) electrons. The smallest absolute Gasteiger partial charge is 0.329 e. The molecule has 2 fully saturated rings. The average molecular weight is 757 g/mol. The number of halogens is 2. The number of furan rings is 1. The summed E-state index contributed by atoms with van der Waals surface area (Å²) in [6.07, 6.45) is 3.46. The Balaban J connectivity index is 1.28. The number of benzene rings is 2. The number of nitrogens with zero attached hydrogens (tertiary/aromatic N) is 6. The second-order valence-corrected chi connectivity index (χ2v) is 15.3. The minimum absolute atomic E-state index is 0.0141. The average Bonchev–Trinajstić information content (AvgIpc) is 3.84. The Morgan fingerprint density at radius 3 is 2.53 bits per heavy atom. The van der Waals surface area contributed by atoms with Gasteiger partial charge in [0.1, 0.15) is 35.5 Å². The Kier molecular flexibility index (Phi) is 10.4. The van der Waals surface area contributed by atoms with Crippen LogP contribution in [0.5, 0.6) is 6.01 Å². The molecule has 14 heteroatoms. The highest BCUT2D eigenvalue weighted by molar-refractivity contribution is 6.06. The first-order valence-electron chi connectivity index (χ1n) is 18.6. The number of rotatable bonds is 12. The third-order valence-corrected chi connectivity index (χ3v) is 9.96. The van der Waals surface area contributed by atoms with Crippen molar-refractivity contribution < 1.29 is 37.0 Å². The molecule has 0 saturated carbocycles. The Bertz CT molecular complexity index is 2240. The number of anilines is 1. The Morgan fingerprint density at radius 2 is 1.78 bits per heavy atom. The molecule has 5 aromatic rings. The van der Waals surface area contributed by atoms with Gasteiger partial charge in [0.2, 0.25) is 11.7 Å². The molecule has 4 atom stereocenters. The van der Waals surface area contributed by atoms with E-state index in [0.717, 1.165) is 11.0 Å². The van der Waals surface area contributed by atoms with Crippen LogP contribution in [0.3, 0.4) is 0 Å². The third kappa shape index (κ3) is 7.64. The van der Waals surface area contributed by atoms with Crippen LogP contribution in [0.15, 0.2) is 78.3 Å². The number of amides is 1. The lowest BCUT2D eigenvalue weighted by molar-refractivity contribution is -0.156. The molecule has 2 aliphatic heterocycles. The number of hydrogen-bond donors (Lipinski definition) is 0. The van der Waals surface area contributed by atoms with Crippen LogP contribution < -0.4 is 9.64 Å². The number of ether oxygens (including phenoxy) is 3. The summed E-state index contributed by atoms with van der Waals surface area (Å²) in [5, 5.41) is 0.520. The summed E-state index contributed by atoms with van der Waals surface area (Å²) in [6, 6.07) is 14.1. The highest BCUT2D eigenvalue weighted by atomic mass is 19.3. The zero-order valence-electron chi connectivity index (χ0n) is 31.5. The number of likely N-dealkylation sites (tertiary alicyclic amines) is 1. The lowest BCUT2D eigenvalue weighted by Crippen LogP contribution is -2.43. The van der Waals surface area contributed by atoms with Gasteiger partial charge in [0.05, 0.1) is 24.2 Å². The summed E-state index contributed by atoms with van der Waals surface area (Å²) >= 11 is 0. The van der Waals surface area contributed by atoms with E-state index in [2.05, 4.69) is 34.6 Å². The fourth-order valence-corrected chi connectivity index (χ4v) is 7.55. The Labute approximate surface area is 317 Å². The van der Waals surface area contributed by atoms with Crippen molar-refractivity contribution in [1.82, 2.24) is 24.4 Å². The Hall–Kier alpha value is -5.37. The van der Waals surface area contributed by atoms with Gasteiger partial charge in [0, 0.05) is 37.4 Å². The molecular weight excluding hydrogens is 710 g/mol. The van der Waals surface area contributed by atoms with Gasteiger partial charge in [-0.15, -0.1) is 13.2 Å². The number of piperidine rings is 1. The van der Waals surface area contributed by atoms with E-state index < -0.39 is 42.1 Å². The SMILES string of the molecule is C=CCOCC(F)(F)c1nc(N2C[C@@H](Oc3nc4ccccc4n3[C@H]3CCN(C(=O)CC=C)C[C@@H]3C)C[C@H]2C(=O)OC(C)(C)C)c2oc3ccccc3c2n1. The quantitative estimate of drug-likeness (QED) is 0.0724. The van der Waals surface area contributed by atoms with Crippen LogP contribution in [-0.4, -0.2) is 86.9 Å². The van der Waals surface area contributed by atoms with Crippen LogP contribution in [0.4, 0.5) is 14.6 Å². The second-order valence-electron chi connectivity index (χ2n) is 15.3. The van der Waals surface area contributed by atoms with E-state index in [9.17, 15) is 9.59 Å². The minimum Gasteiger partial charge on any atom is -0.459 e. The van der Waals surface area contributed by atoms with Gasteiger partial charge in [0.25, 0.3) is 6.01 Å². The molecule has 0 spiro atoms. The summed E-state index contributed by atoms with van der Waals surface area (Å²) in [5.41, 5.74) is 1.54. The van der Waals surface area contributed by atoms with E-state index >= 15 is 8.78 Å². The van der Waals surface area contributed by atoms with E-state index in [1.165, 1.54) is 6.08 Å². The normalized spacial score (nSPS) is 20.7. The van der Waals surface area contributed by atoms with Gasteiger partial charge in [-0.1, -0.05) is 43.3 Å². The molecular formula is C41H46F2N6O6. The van der Waals surface area contributed by atoms with Crippen LogP contribution >= 0.6 is 0 Å². The first kappa shape index (κ1) is 37.9. The van der Waals surface area contributed by atoms with Crippen molar-refractivity contribution in [3.05, 3.63) is 79.7 Å². The van der Waals surface area contributed by atoms with Crippen molar-refractivity contribution in [3.8, 4) is 6.01 Å². The largest absolute Gasteiger partial charge is 0.459 e. The number of alkyl halides is 2. The molecule has 0 N–H and O–H groups in total. The number of hydrogen-bond acceptors (Lipinski definition) is 10. The van der Waals surface area contributed by atoms with Gasteiger partial charge in [-0.3, -0.25) is 9.36 Å². The van der Waals surface area contributed by atoms with Crippen molar-refractivity contribution >= 4 is 50.8 Å². The van der Waals surface area contributed by atoms with Gasteiger partial charge in [0.15, 0.2) is 11.4 Å². The van der Waals surface area contributed by atoms with Gasteiger partial charge in [-0.25, -0.2) is 14.8 Å². The maximum Gasteiger partial charge on any atom is 0.329 e. The zero-order chi connectivity index (χ0) is 39.1. The highest BCUT2D eigenvalue weighted by Gasteiger charge is 2.45. The van der Waals surface area contributed by atoms with Crippen LogP contribution in [-0.2, 0) is 25.0 Å². The lowest BCUT2D eigenvalue weighted by atomic mass is 9.93. The Morgan fingerprint density at radius 1 is 1.02 bits per heavy atom. The summed E-state index contributed by atoms with van der Waals surface area (Å²) in [7, 11) is 0. The number of para-hydroxylation sites is 3. The van der Waals surface area contributed by atoms with Crippen LogP contribution in [0.2, 0.25) is 0 Å². The van der Waals surface area contributed by atoms with E-state index in [1.54, 1.807) is 56.0 Å². The number of fused-ring (bicyclic) bond motifs is 4. The van der Waals surface area contributed by atoms with E-state index in [-0.39, 0.29) is 60.8 Å². The maximum atomic E-state index is 15.8. The zero-order valence-corrected chi connectivity index (χ0v) is 31.5. The van der Waals surface area contributed by atoms with Gasteiger partial charge in [-0.2, -0.15) is 13.8 Å². The third-order valence-electron chi connectivity index (χ3n) is 9.96. The summed E-state index contributed by atoms with van der Waals surface area (Å²) < 4.78 is 57.7. The van der Waals surface area contributed by atoms with E-state index in [4.69, 9.17) is 23.6 Å². The van der Waals surface area contributed by atoms with E-state index in [0.29, 0.717) is 36.5 Å². The predicted molar refractivity (Wildman–Crippen MR) is 204 cm³/mol. The van der Waals surface area contributed by atoms with Crippen molar-refractivity contribution in [1.29, 1.82) is 0 Å². The molecule has 5 heterocycles. The molecule has 0 aliphatic carbocycles. The number of carbonyl (C=O) groups is 2. The molecule has 0 bridgehead atoms. The van der Waals surface area contributed by atoms with Crippen molar-refractivity contribution in [2.75, 3.05) is 37.7 Å². The summed E-state index contributed by atoms with van der Waals surface area (Å²) in [5.74, 6) is -4.81. The second kappa shape index (κ2) is 15.0. The summed E-state index contributed by atoms with van der Waals surface area (Å²) in [4.78, 5) is 43.9. The lowest BCUT2D eigenvalue weighted by Gasteiger charge is -2.38. The van der Waals surface area contributed by atoms with Gasteiger partial charge in [-0.05, 0) is 57.4 Å². The maximum absolute atomic E-state index is 15.8. The van der Waals surface area contributed by atoms with Crippen molar-refractivity contribution in [2.45, 2.75) is 76.7 Å². The molecule has 55 heavy (non-hydrogen) atoms. The fourth-order valence-electron chi connectivity index (χ4n) is 7.55. The molecule has 2 saturated heterocycles. The van der Waals surface area contributed by atoms with E-state index in [1.807, 2.05) is 29.2 Å². The van der Waals surface area contributed by atoms with Crippen molar-refractivity contribution in [3.63, 3.8) is 0 Å². The first-order valence-corrected chi connectivity index (χ1v) is 18.6. The standard InChI is InChI=1S/C41H46F2N6O6/c1-7-13-33(50)47-19-18-29(25(3)22-47)49-30-16-11-10-15-28(30)44-39(49)53-26-21-31(37(51)55-40(4,5)6)48(23-26)36-35-34(27-14-9-12-17-32(27)54-35)45-38(46-36)41(42,43)24-52-20-8-2/h7-12,14-17,25-26,29,31H,1-2,13,18-24H2,3-6H3/t25-,26-,29-,31-/m0/s1. The molecule has 0 unspecified atom stereocenters. The van der Waals surface area contributed by atoms with Gasteiger partial charge >= 0.3 is 11.9 Å². The molecule has 12 nitrogen and oxygen atoms in total. The van der Waals surface area contributed by atoms with Gasteiger partial charge < -0.3 is 28.4 Å². The molecule has 2 aliphatic rings. The topological polar surface area (TPSA) is 125 Å². The number of imidazole rings is 1. The van der Waals surface area contributed by atoms with Crippen LogP contribution in [0.1, 0.15) is 58.8 Å². The number of carbonyl (C=O) groups excluding carboxylic acids is 2. The highest BCUT2D eigenvalue weighted by Crippen LogP contribution is 2.41. The molecule has 290 valence electrons. The number of aromatic nitrogens is 4. The fraction of sp³-hybridized carbons (Fsp3) is 0.439. The van der Waals surface area contributed by atoms with Crippen LogP contribution in [0.25, 0.3) is 33.1 Å². The molecule has 2 aromatic carbocycles. The monoisotopic (exact) mass is 756 g/mol. The molecule has 7 rings (SSSR count). The molecule has 1 amide bonds. The first-order chi connectivity index (χ1) is 26.3. The molecule has 3 aromatic heterocycles.